The van der Waals surface area contributed by atoms with Crippen molar-refractivity contribution in [2.24, 2.45) is 17.4 Å². The maximum atomic E-state index is 11.5. The van der Waals surface area contributed by atoms with Crippen LogP contribution in [0.5, 0.6) is 0 Å². The van der Waals surface area contributed by atoms with Crippen molar-refractivity contribution in [2.45, 2.75) is 50.7 Å². The molecule has 1 aromatic carbocycles. The minimum Gasteiger partial charge on any atom is -0.393 e. The van der Waals surface area contributed by atoms with Crippen LogP contribution in [0.3, 0.4) is 0 Å². The number of aliphatic hydroxyl groups excluding tert-OH is 1. The van der Waals surface area contributed by atoms with Crippen LogP contribution in [0.25, 0.3) is 0 Å². The molecule has 0 bridgehead atoms. The Morgan fingerprint density at radius 3 is 2.42 bits per heavy atom. The Balaban J connectivity index is 2.54. The summed E-state index contributed by atoms with van der Waals surface area (Å²) in [6.07, 6.45) is 0.610. The van der Waals surface area contributed by atoms with E-state index in [0.717, 1.165) is 5.56 Å². The van der Waals surface area contributed by atoms with Gasteiger partial charge in [0.15, 0.2) is 0 Å². The van der Waals surface area contributed by atoms with Crippen LogP contribution in [0, 0.1) is 5.92 Å². The number of carbonyl (C=O) groups is 2. The lowest BCUT2D eigenvalue weighted by atomic mass is 9.88. The molecule has 0 aliphatic carbocycles. The zero-order valence-corrected chi connectivity index (χ0v) is 14.5. The van der Waals surface area contributed by atoms with E-state index in [4.69, 9.17) is 23.1 Å². The Bertz CT molecular complexity index is 577. The molecule has 0 aromatic heterocycles. The van der Waals surface area contributed by atoms with E-state index in [1.54, 1.807) is 6.07 Å². The fourth-order valence-electron chi connectivity index (χ4n) is 2.42. The van der Waals surface area contributed by atoms with Gasteiger partial charge in [0.05, 0.1) is 6.10 Å². The third-order valence-corrected chi connectivity index (χ3v) is 4.54. The van der Waals surface area contributed by atoms with Crippen LogP contribution in [-0.2, 0) is 16.0 Å². The molecule has 1 aromatic rings. The third kappa shape index (κ3) is 6.47. The Kier molecular flexibility index (Phi) is 7.66. The quantitative estimate of drug-likeness (QED) is 0.501. The maximum Gasteiger partial charge on any atom is 0.249 e. The number of aryl methyl sites for hydroxylation is 1. The van der Waals surface area contributed by atoms with E-state index in [9.17, 15) is 19.8 Å². The number of benzene rings is 1. The fourth-order valence-corrected chi connectivity index (χ4v) is 2.65. The first-order valence-corrected chi connectivity index (χ1v) is 8.24. The van der Waals surface area contributed by atoms with Gasteiger partial charge < -0.3 is 21.7 Å². The smallest absolute Gasteiger partial charge is 0.249 e. The first-order chi connectivity index (χ1) is 11.1. The second kappa shape index (κ2) is 9.01. The van der Waals surface area contributed by atoms with Gasteiger partial charge in [-0.05, 0) is 50.7 Å². The molecule has 2 amide bonds. The van der Waals surface area contributed by atoms with Crippen LogP contribution >= 0.6 is 11.6 Å². The Hall–Kier alpha value is -1.63. The summed E-state index contributed by atoms with van der Waals surface area (Å²) >= 11 is 6.07. The van der Waals surface area contributed by atoms with Crippen LogP contribution in [0.1, 0.15) is 38.2 Å². The van der Waals surface area contributed by atoms with Gasteiger partial charge in [0, 0.05) is 10.9 Å². The second-order valence-corrected chi connectivity index (χ2v) is 6.70. The highest BCUT2D eigenvalue weighted by Gasteiger charge is 2.30. The lowest BCUT2D eigenvalue weighted by molar-refractivity contribution is -0.136. The Morgan fingerprint density at radius 2 is 1.88 bits per heavy atom. The minimum absolute atomic E-state index is 0.00712. The number of rotatable bonds is 10. The van der Waals surface area contributed by atoms with Crippen LogP contribution in [0.4, 0.5) is 0 Å². The molecule has 6 N–H and O–H groups in total. The number of halogens is 1. The van der Waals surface area contributed by atoms with Crippen molar-refractivity contribution in [3.63, 3.8) is 0 Å². The van der Waals surface area contributed by atoms with Crippen LogP contribution < -0.4 is 11.5 Å². The van der Waals surface area contributed by atoms with Gasteiger partial charge >= 0.3 is 0 Å². The second-order valence-electron chi connectivity index (χ2n) is 6.30. The molecule has 0 fully saturated rings. The summed E-state index contributed by atoms with van der Waals surface area (Å²) in [7, 11) is 0. The number of carbonyl (C=O) groups excluding carboxylic acids is 2. The van der Waals surface area contributed by atoms with Gasteiger partial charge in [-0.1, -0.05) is 29.8 Å². The number of amides is 2. The zero-order chi connectivity index (χ0) is 18.3. The summed E-state index contributed by atoms with van der Waals surface area (Å²) in [4.78, 5) is 22.7. The summed E-state index contributed by atoms with van der Waals surface area (Å²) in [5.41, 5.74) is 9.67. The average molecular weight is 357 g/mol. The number of aliphatic hydroxyl groups is 2. The van der Waals surface area contributed by atoms with Gasteiger partial charge in [0.1, 0.15) is 5.60 Å². The number of hydrogen-bond acceptors (Lipinski definition) is 4. The molecule has 134 valence electrons. The Labute approximate surface area is 146 Å². The summed E-state index contributed by atoms with van der Waals surface area (Å²) in [6, 6.07) is 7.35. The SMILES string of the molecule is CC(O)(CC[C@H](C[C@@H](O)CCc1ccccc1Cl)C(N)=O)C(N)=O. The monoisotopic (exact) mass is 356 g/mol. The maximum absolute atomic E-state index is 11.5. The molecule has 1 rings (SSSR count). The van der Waals surface area contributed by atoms with Gasteiger partial charge in [0.25, 0.3) is 0 Å². The highest BCUT2D eigenvalue weighted by Crippen LogP contribution is 2.23. The van der Waals surface area contributed by atoms with Crippen molar-refractivity contribution >= 4 is 23.4 Å². The molecule has 6 nitrogen and oxygen atoms in total. The number of hydrogen-bond donors (Lipinski definition) is 4. The van der Waals surface area contributed by atoms with E-state index in [0.29, 0.717) is 17.9 Å². The molecule has 0 radical (unpaired) electrons. The molecule has 0 heterocycles. The van der Waals surface area contributed by atoms with Gasteiger partial charge in [-0.3, -0.25) is 9.59 Å². The third-order valence-electron chi connectivity index (χ3n) is 4.17. The molecule has 7 heteroatoms. The predicted octanol–water partition coefficient (Wildman–Crippen LogP) is 1.14. The van der Waals surface area contributed by atoms with Gasteiger partial charge in [-0.2, -0.15) is 0 Å². The van der Waals surface area contributed by atoms with Crippen LogP contribution in [0.2, 0.25) is 5.02 Å². The molecule has 1 unspecified atom stereocenters. The van der Waals surface area contributed by atoms with E-state index in [-0.39, 0.29) is 19.3 Å². The first-order valence-electron chi connectivity index (χ1n) is 7.86. The molecular weight excluding hydrogens is 332 g/mol. The Morgan fingerprint density at radius 1 is 1.25 bits per heavy atom. The average Bonchev–Trinajstić information content (AvgIpc) is 2.50. The van der Waals surface area contributed by atoms with E-state index < -0.39 is 29.4 Å². The number of nitrogens with two attached hydrogens (primary N) is 2. The molecule has 0 saturated carbocycles. The fraction of sp³-hybridized carbons (Fsp3) is 0.529. The standard InChI is InChI=1S/C17H25ClN2O4/c1-17(24,16(20)23)9-8-12(15(19)22)10-13(21)7-6-11-4-2-3-5-14(11)18/h2-5,12-13,21,24H,6-10H2,1H3,(H2,19,22)(H2,20,23)/t12-,13+,17?/m1/s1. The van der Waals surface area contributed by atoms with Gasteiger partial charge in [0.2, 0.25) is 11.8 Å². The predicted molar refractivity (Wildman–Crippen MR) is 92.1 cm³/mol. The van der Waals surface area contributed by atoms with Gasteiger partial charge in [-0.25, -0.2) is 0 Å². The molecule has 0 saturated heterocycles. The summed E-state index contributed by atoms with van der Waals surface area (Å²) in [5.74, 6) is -2.07. The summed E-state index contributed by atoms with van der Waals surface area (Å²) in [6.45, 7) is 1.29. The highest BCUT2D eigenvalue weighted by molar-refractivity contribution is 6.31. The molecule has 0 spiro atoms. The van der Waals surface area contributed by atoms with E-state index in [2.05, 4.69) is 0 Å². The lowest BCUT2D eigenvalue weighted by Crippen LogP contribution is -2.42. The van der Waals surface area contributed by atoms with E-state index in [1.807, 2.05) is 18.2 Å². The first kappa shape index (κ1) is 20.4. The largest absolute Gasteiger partial charge is 0.393 e. The molecular formula is C17H25ClN2O4. The molecule has 3 atom stereocenters. The molecule has 24 heavy (non-hydrogen) atoms. The summed E-state index contributed by atoms with van der Waals surface area (Å²) < 4.78 is 0. The van der Waals surface area contributed by atoms with Crippen molar-refractivity contribution in [3.8, 4) is 0 Å². The highest BCUT2D eigenvalue weighted by atomic mass is 35.5. The van der Waals surface area contributed by atoms with Crippen LogP contribution in [-0.4, -0.2) is 33.7 Å². The topological polar surface area (TPSA) is 127 Å². The van der Waals surface area contributed by atoms with Crippen molar-refractivity contribution in [2.75, 3.05) is 0 Å². The van der Waals surface area contributed by atoms with Crippen molar-refractivity contribution in [1.29, 1.82) is 0 Å². The van der Waals surface area contributed by atoms with E-state index in [1.165, 1.54) is 6.92 Å². The number of primary amides is 2. The lowest BCUT2D eigenvalue weighted by Gasteiger charge is -2.23. The normalized spacial score (nSPS) is 16.2. The van der Waals surface area contributed by atoms with Crippen molar-refractivity contribution in [1.82, 2.24) is 0 Å². The van der Waals surface area contributed by atoms with E-state index >= 15 is 0 Å². The van der Waals surface area contributed by atoms with Crippen LogP contribution in [0.15, 0.2) is 24.3 Å². The van der Waals surface area contributed by atoms with Crippen molar-refractivity contribution in [3.05, 3.63) is 34.9 Å². The van der Waals surface area contributed by atoms with Gasteiger partial charge in [-0.15, -0.1) is 0 Å². The van der Waals surface area contributed by atoms with Crippen molar-refractivity contribution < 1.29 is 19.8 Å². The summed E-state index contributed by atoms with van der Waals surface area (Å²) in [5, 5.41) is 20.6. The zero-order valence-electron chi connectivity index (χ0n) is 13.7. The minimum atomic E-state index is -1.70. The molecule has 0 aliphatic rings. The molecule has 0 aliphatic heterocycles.